The lowest BCUT2D eigenvalue weighted by Gasteiger charge is -2.08. The second-order valence-corrected chi connectivity index (χ2v) is 7.46. The van der Waals surface area contributed by atoms with Crippen LogP contribution in [0.2, 0.25) is 0 Å². The van der Waals surface area contributed by atoms with E-state index in [1.54, 1.807) is 43.5 Å². The number of carboxylic acids is 1. The molecule has 168 valence electrons. The molecule has 0 fully saturated rings. The first-order valence-electron chi connectivity index (χ1n) is 10.5. The molecule has 0 saturated heterocycles. The number of benzene rings is 3. The van der Waals surface area contributed by atoms with Crippen molar-refractivity contribution in [2.45, 2.75) is 6.42 Å². The fourth-order valence-corrected chi connectivity index (χ4v) is 3.66. The van der Waals surface area contributed by atoms with E-state index in [9.17, 15) is 14.7 Å². The van der Waals surface area contributed by atoms with Crippen molar-refractivity contribution in [3.05, 3.63) is 90.1 Å². The molecule has 1 aromatic heterocycles. The highest BCUT2D eigenvalue weighted by molar-refractivity contribution is 5.95. The predicted molar refractivity (Wildman–Crippen MR) is 125 cm³/mol. The van der Waals surface area contributed by atoms with Crippen LogP contribution in [-0.4, -0.2) is 41.8 Å². The maximum Gasteiger partial charge on any atom is 0.335 e. The molecule has 2 N–H and O–H groups in total. The fraction of sp³-hybridized carbons (Fsp3) is 0.154. The number of amides is 1. The minimum atomic E-state index is -0.974. The smallest absolute Gasteiger partial charge is 0.335 e. The van der Waals surface area contributed by atoms with Gasteiger partial charge in [-0.05, 0) is 54.4 Å². The summed E-state index contributed by atoms with van der Waals surface area (Å²) in [5.41, 5.74) is 3.07. The Bertz CT molecular complexity index is 1280. The van der Waals surface area contributed by atoms with Crippen molar-refractivity contribution in [3.63, 3.8) is 0 Å². The van der Waals surface area contributed by atoms with Gasteiger partial charge in [-0.1, -0.05) is 24.3 Å². The van der Waals surface area contributed by atoms with E-state index in [1.165, 1.54) is 0 Å². The number of carboxylic acid groups (broad SMARTS) is 1. The molecule has 0 spiro atoms. The van der Waals surface area contributed by atoms with E-state index >= 15 is 0 Å². The number of para-hydroxylation sites is 1. The highest BCUT2D eigenvalue weighted by Gasteiger charge is 2.13. The van der Waals surface area contributed by atoms with Crippen LogP contribution in [0.15, 0.2) is 79.0 Å². The number of nitrogens with zero attached hydrogens (tertiary/aromatic N) is 1. The van der Waals surface area contributed by atoms with Gasteiger partial charge in [-0.25, -0.2) is 4.79 Å². The molecule has 0 unspecified atom stereocenters. The van der Waals surface area contributed by atoms with Crippen molar-refractivity contribution in [1.82, 2.24) is 9.88 Å². The predicted octanol–water partition coefficient (Wildman–Crippen LogP) is 4.08. The molecule has 0 bridgehead atoms. The third-order valence-electron chi connectivity index (χ3n) is 5.30. The van der Waals surface area contributed by atoms with E-state index in [0.717, 1.165) is 22.2 Å². The Morgan fingerprint density at radius 2 is 1.76 bits per heavy atom. The van der Waals surface area contributed by atoms with Crippen LogP contribution in [-0.2, 0) is 11.2 Å². The summed E-state index contributed by atoms with van der Waals surface area (Å²) in [5, 5.41) is 13.1. The summed E-state index contributed by atoms with van der Waals surface area (Å²) >= 11 is 0. The van der Waals surface area contributed by atoms with E-state index in [4.69, 9.17) is 9.47 Å². The second-order valence-electron chi connectivity index (χ2n) is 7.46. The molecule has 7 nitrogen and oxygen atoms in total. The topological polar surface area (TPSA) is 89.8 Å². The minimum Gasteiger partial charge on any atom is -0.497 e. The maximum absolute atomic E-state index is 12.2. The van der Waals surface area contributed by atoms with Crippen LogP contribution in [0.4, 0.5) is 0 Å². The summed E-state index contributed by atoms with van der Waals surface area (Å²) in [5.74, 6) is -0.00535. The standard InChI is InChI=1S/C26H24N2O5/c1-32-21-8-5-9-22(15-21)33-17-25(29)27-13-12-19-16-28(20-6-3-2-4-7-20)24-11-10-18(26(30)31)14-23(19)24/h2-11,14-16H,12-13,17H2,1H3,(H,27,29)(H,30,31). The van der Waals surface area contributed by atoms with Crippen LogP contribution in [0.25, 0.3) is 16.6 Å². The first-order chi connectivity index (χ1) is 16.0. The number of rotatable bonds is 9. The number of carbonyl (C=O) groups excluding carboxylic acids is 1. The number of fused-ring (bicyclic) bond motifs is 1. The molecular formula is C26H24N2O5. The maximum atomic E-state index is 12.2. The lowest BCUT2D eigenvalue weighted by Crippen LogP contribution is -2.30. The molecule has 4 aromatic rings. The summed E-state index contributed by atoms with van der Waals surface area (Å²) in [6.07, 6.45) is 2.54. The van der Waals surface area contributed by atoms with E-state index in [2.05, 4.69) is 5.32 Å². The number of aromatic carboxylic acids is 1. The highest BCUT2D eigenvalue weighted by atomic mass is 16.5. The molecule has 7 heteroatoms. The Hall–Kier alpha value is -4.26. The third-order valence-corrected chi connectivity index (χ3v) is 5.30. The minimum absolute atomic E-state index is 0.109. The molecule has 0 aliphatic heterocycles. The molecule has 3 aromatic carbocycles. The van der Waals surface area contributed by atoms with Gasteiger partial charge in [0.25, 0.3) is 5.91 Å². The lowest BCUT2D eigenvalue weighted by atomic mass is 10.1. The van der Waals surface area contributed by atoms with Gasteiger partial charge >= 0.3 is 5.97 Å². The SMILES string of the molecule is COc1cccc(OCC(=O)NCCc2cn(-c3ccccc3)c3ccc(C(=O)O)cc23)c1. The first kappa shape index (κ1) is 22.0. The zero-order chi connectivity index (χ0) is 23.2. The number of ether oxygens (including phenoxy) is 2. The van der Waals surface area contributed by atoms with Crippen molar-refractivity contribution in [2.24, 2.45) is 0 Å². The number of hydrogen-bond donors (Lipinski definition) is 2. The van der Waals surface area contributed by atoms with Crippen molar-refractivity contribution >= 4 is 22.8 Å². The number of hydrogen-bond acceptors (Lipinski definition) is 4. The van der Waals surface area contributed by atoms with E-state index in [0.29, 0.717) is 24.5 Å². The van der Waals surface area contributed by atoms with Crippen molar-refractivity contribution in [3.8, 4) is 17.2 Å². The average Bonchev–Trinajstić information content (AvgIpc) is 3.21. The van der Waals surface area contributed by atoms with Crippen molar-refractivity contribution in [2.75, 3.05) is 20.3 Å². The summed E-state index contributed by atoms with van der Waals surface area (Å²) in [6.45, 7) is 0.285. The van der Waals surface area contributed by atoms with E-state index in [-0.39, 0.29) is 18.1 Å². The van der Waals surface area contributed by atoms with Crippen molar-refractivity contribution in [1.29, 1.82) is 0 Å². The Morgan fingerprint density at radius 3 is 2.52 bits per heavy atom. The van der Waals surface area contributed by atoms with Gasteiger partial charge in [-0.15, -0.1) is 0 Å². The van der Waals surface area contributed by atoms with Gasteiger partial charge in [0.05, 0.1) is 18.2 Å². The first-order valence-corrected chi connectivity index (χ1v) is 10.5. The van der Waals surface area contributed by atoms with Crippen LogP contribution in [0.3, 0.4) is 0 Å². The number of carbonyl (C=O) groups is 2. The Kier molecular flexibility index (Phi) is 6.59. The van der Waals surface area contributed by atoms with Crippen LogP contribution in [0.5, 0.6) is 11.5 Å². The molecule has 0 radical (unpaired) electrons. The lowest BCUT2D eigenvalue weighted by molar-refractivity contribution is -0.123. The van der Waals surface area contributed by atoms with Gasteiger partial charge in [0.15, 0.2) is 6.61 Å². The third kappa shape index (κ3) is 5.15. The van der Waals surface area contributed by atoms with Crippen LogP contribution >= 0.6 is 0 Å². The van der Waals surface area contributed by atoms with E-state index < -0.39 is 5.97 Å². The van der Waals surface area contributed by atoms with Gasteiger partial charge < -0.3 is 24.5 Å². The molecule has 4 rings (SSSR count). The van der Waals surface area contributed by atoms with Crippen LogP contribution < -0.4 is 14.8 Å². The zero-order valence-electron chi connectivity index (χ0n) is 18.2. The molecule has 33 heavy (non-hydrogen) atoms. The summed E-state index contributed by atoms with van der Waals surface area (Å²) in [4.78, 5) is 23.7. The van der Waals surface area contributed by atoms with Gasteiger partial charge in [0, 0.05) is 29.9 Å². The molecule has 0 aliphatic rings. The van der Waals surface area contributed by atoms with E-state index in [1.807, 2.05) is 47.2 Å². The summed E-state index contributed by atoms with van der Waals surface area (Å²) in [6, 6.07) is 22.0. The second kappa shape index (κ2) is 9.91. The molecule has 1 amide bonds. The molecule has 0 atom stereocenters. The molecule has 0 aliphatic carbocycles. The van der Waals surface area contributed by atoms with Gasteiger partial charge in [0.2, 0.25) is 0 Å². The number of methoxy groups -OCH3 is 1. The average molecular weight is 444 g/mol. The normalized spacial score (nSPS) is 10.7. The van der Waals surface area contributed by atoms with Gasteiger partial charge in [-0.2, -0.15) is 0 Å². The molecule has 0 saturated carbocycles. The monoisotopic (exact) mass is 444 g/mol. The highest BCUT2D eigenvalue weighted by Crippen LogP contribution is 2.26. The Labute approximate surface area is 191 Å². The van der Waals surface area contributed by atoms with Gasteiger partial charge in [0.1, 0.15) is 11.5 Å². The van der Waals surface area contributed by atoms with Crippen molar-refractivity contribution < 1.29 is 24.2 Å². The van der Waals surface area contributed by atoms with Crippen LogP contribution in [0, 0.1) is 0 Å². The number of aromatic nitrogens is 1. The molecular weight excluding hydrogens is 420 g/mol. The Morgan fingerprint density at radius 1 is 0.970 bits per heavy atom. The summed E-state index contributed by atoms with van der Waals surface area (Å²) in [7, 11) is 1.57. The Balaban J connectivity index is 1.45. The number of nitrogens with one attached hydrogen (secondary N) is 1. The zero-order valence-corrected chi connectivity index (χ0v) is 18.2. The quantitative estimate of drug-likeness (QED) is 0.406. The fourth-order valence-electron chi connectivity index (χ4n) is 3.66. The summed E-state index contributed by atoms with van der Waals surface area (Å²) < 4.78 is 12.7. The largest absolute Gasteiger partial charge is 0.497 e. The van der Waals surface area contributed by atoms with Gasteiger partial charge in [-0.3, -0.25) is 4.79 Å². The van der Waals surface area contributed by atoms with Crippen LogP contribution in [0.1, 0.15) is 15.9 Å². The molecule has 1 heterocycles.